The molecule has 6 nitrogen and oxygen atoms in total. The Labute approximate surface area is 157 Å². The van der Waals surface area contributed by atoms with E-state index in [-0.39, 0.29) is 11.9 Å². The van der Waals surface area contributed by atoms with Gasteiger partial charge in [0.15, 0.2) is 0 Å². The summed E-state index contributed by atoms with van der Waals surface area (Å²) in [5.41, 5.74) is 2.56. The molecule has 0 bridgehead atoms. The van der Waals surface area contributed by atoms with Crippen LogP contribution in [0.1, 0.15) is 22.0 Å². The number of rotatable bonds is 6. The predicted octanol–water partition coefficient (Wildman–Crippen LogP) is 2.95. The van der Waals surface area contributed by atoms with Crippen molar-refractivity contribution in [2.45, 2.75) is 6.04 Å². The normalized spacial score (nSPS) is 12.2. The van der Waals surface area contributed by atoms with Crippen molar-refractivity contribution in [3.8, 4) is 5.69 Å². The minimum absolute atomic E-state index is 0.0361. The third-order valence-electron chi connectivity index (χ3n) is 4.16. The summed E-state index contributed by atoms with van der Waals surface area (Å²) in [4.78, 5) is 14.5. The molecule has 7 heteroatoms. The Hall–Kier alpha value is -2.70. The van der Waals surface area contributed by atoms with Gasteiger partial charge in [0.1, 0.15) is 12.7 Å². The lowest BCUT2D eigenvalue weighted by molar-refractivity contribution is 0.0942. The molecule has 0 aliphatic rings. The summed E-state index contributed by atoms with van der Waals surface area (Å²) in [6.07, 6.45) is 3.23. The number of nitrogens with zero attached hydrogens (tertiary/aromatic N) is 4. The molecular formula is C19H20ClN5O. The lowest BCUT2D eigenvalue weighted by Crippen LogP contribution is -2.34. The Morgan fingerprint density at radius 3 is 2.46 bits per heavy atom. The molecule has 1 unspecified atom stereocenters. The first-order valence-corrected chi connectivity index (χ1v) is 8.57. The number of halogens is 1. The minimum atomic E-state index is -0.116. The summed E-state index contributed by atoms with van der Waals surface area (Å²) in [7, 11) is 3.96. The average molecular weight is 370 g/mol. The van der Waals surface area contributed by atoms with Crippen molar-refractivity contribution < 1.29 is 4.79 Å². The molecular weight excluding hydrogens is 350 g/mol. The van der Waals surface area contributed by atoms with Crippen LogP contribution in [0.4, 0.5) is 0 Å². The first-order chi connectivity index (χ1) is 12.5. The van der Waals surface area contributed by atoms with E-state index in [2.05, 4.69) is 20.4 Å². The van der Waals surface area contributed by atoms with Gasteiger partial charge in [-0.05, 0) is 56.1 Å². The second-order valence-electron chi connectivity index (χ2n) is 6.16. The van der Waals surface area contributed by atoms with Crippen LogP contribution in [0, 0.1) is 0 Å². The van der Waals surface area contributed by atoms with Crippen LogP contribution in [0.5, 0.6) is 0 Å². The van der Waals surface area contributed by atoms with E-state index >= 15 is 0 Å². The zero-order valence-electron chi connectivity index (χ0n) is 14.6. The maximum atomic E-state index is 12.5. The maximum absolute atomic E-state index is 12.5. The zero-order chi connectivity index (χ0) is 18.5. The number of likely N-dealkylation sites (N-methyl/N-ethyl adjacent to an activating group) is 1. The molecule has 0 saturated heterocycles. The molecule has 0 aliphatic carbocycles. The first-order valence-electron chi connectivity index (χ1n) is 8.20. The number of nitrogens with one attached hydrogen (secondary N) is 1. The fraction of sp³-hybridized carbons (Fsp3) is 0.211. The molecule has 0 aliphatic heterocycles. The summed E-state index contributed by atoms with van der Waals surface area (Å²) in [6.45, 7) is 0.485. The Morgan fingerprint density at radius 2 is 1.85 bits per heavy atom. The van der Waals surface area contributed by atoms with Gasteiger partial charge in [0.05, 0.1) is 6.04 Å². The second-order valence-corrected chi connectivity index (χ2v) is 6.60. The van der Waals surface area contributed by atoms with Gasteiger partial charge in [-0.2, -0.15) is 0 Å². The molecule has 134 valence electrons. The fourth-order valence-corrected chi connectivity index (χ4v) is 2.92. The number of aromatic nitrogens is 3. The van der Waals surface area contributed by atoms with E-state index in [1.165, 1.54) is 0 Å². The van der Waals surface area contributed by atoms with Gasteiger partial charge in [-0.1, -0.05) is 23.7 Å². The minimum Gasteiger partial charge on any atom is -0.350 e. The Bertz CT molecular complexity index is 862. The van der Waals surface area contributed by atoms with Crippen LogP contribution in [0.15, 0.2) is 61.2 Å². The van der Waals surface area contributed by atoms with Gasteiger partial charge in [-0.25, -0.2) is 0 Å². The van der Waals surface area contributed by atoms with Crippen molar-refractivity contribution in [1.82, 2.24) is 25.0 Å². The molecule has 1 amide bonds. The molecule has 3 aromatic rings. The topological polar surface area (TPSA) is 63.1 Å². The highest BCUT2D eigenvalue weighted by Gasteiger charge is 2.16. The van der Waals surface area contributed by atoms with Gasteiger partial charge in [0.25, 0.3) is 5.91 Å². The largest absolute Gasteiger partial charge is 0.350 e. The van der Waals surface area contributed by atoms with E-state index in [0.29, 0.717) is 17.1 Å². The number of carbonyl (C=O) groups excluding carboxylic acids is 1. The van der Waals surface area contributed by atoms with E-state index < -0.39 is 0 Å². The summed E-state index contributed by atoms with van der Waals surface area (Å²) < 4.78 is 1.78. The summed E-state index contributed by atoms with van der Waals surface area (Å²) >= 11 is 6.09. The van der Waals surface area contributed by atoms with Crippen LogP contribution >= 0.6 is 11.6 Å². The second kappa shape index (κ2) is 8.12. The molecule has 2 aromatic carbocycles. The van der Waals surface area contributed by atoms with Gasteiger partial charge in [0, 0.05) is 22.8 Å². The molecule has 0 radical (unpaired) electrons. The SMILES string of the molecule is CN(C)C(CNC(=O)c1ccc(-n2cnnc2)cc1)c1cccc(Cl)c1. The van der Waals surface area contributed by atoms with Crippen LogP contribution in [0.2, 0.25) is 5.02 Å². The first kappa shape index (κ1) is 18.1. The standard InChI is InChI=1S/C19H20ClN5O/c1-24(2)18(15-4-3-5-16(20)10-15)11-21-19(26)14-6-8-17(9-7-14)25-12-22-23-13-25/h3-10,12-13,18H,11H2,1-2H3,(H,21,26). The monoisotopic (exact) mass is 369 g/mol. The lowest BCUT2D eigenvalue weighted by Gasteiger charge is -2.25. The smallest absolute Gasteiger partial charge is 0.251 e. The Kier molecular flexibility index (Phi) is 5.65. The molecule has 0 fully saturated rings. The van der Waals surface area contributed by atoms with Gasteiger partial charge >= 0.3 is 0 Å². The quantitative estimate of drug-likeness (QED) is 0.725. The number of amides is 1. The maximum Gasteiger partial charge on any atom is 0.251 e. The van der Waals surface area contributed by atoms with E-state index in [1.807, 2.05) is 50.5 Å². The predicted molar refractivity (Wildman–Crippen MR) is 102 cm³/mol. The third kappa shape index (κ3) is 4.28. The van der Waals surface area contributed by atoms with Crippen molar-refractivity contribution in [2.24, 2.45) is 0 Å². The number of hydrogen-bond donors (Lipinski definition) is 1. The zero-order valence-corrected chi connectivity index (χ0v) is 15.4. The molecule has 1 aromatic heterocycles. The van der Waals surface area contributed by atoms with Gasteiger partial charge in [-0.3, -0.25) is 9.36 Å². The van der Waals surface area contributed by atoms with E-state index in [9.17, 15) is 4.79 Å². The van der Waals surface area contributed by atoms with Crippen LogP contribution in [-0.4, -0.2) is 46.2 Å². The Morgan fingerprint density at radius 1 is 1.15 bits per heavy atom. The summed E-state index contributed by atoms with van der Waals surface area (Å²) in [6, 6.07) is 15.0. The third-order valence-corrected chi connectivity index (χ3v) is 4.39. The Balaban J connectivity index is 1.67. The van der Waals surface area contributed by atoms with Crippen LogP contribution in [-0.2, 0) is 0 Å². The molecule has 1 heterocycles. The van der Waals surface area contributed by atoms with Gasteiger partial charge in [0.2, 0.25) is 0 Å². The average Bonchev–Trinajstić information content (AvgIpc) is 3.16. The molecule has 3 rings (SSSR count). The van der Waals surface area contributed by atoms with Crippen molar-refractivity contribution in [1.29, 1.82) is 0 Å². The fourth-order valence-electron chi connectivity index (χ4n) is 2.72. The van der Waals surface area contributed by atoms with Crippen LogP contribution < -0.4 is 5.32 Å². The molecule has 0 spiro atoms. The molecule has 0 saturated carbocycles. The van der Waals surface area contributed by atoms with Crippen LogP contribution in [0.25, 0.3) is 5.69 Å². The number of carbonyl (C=O) groups is 1. The highest BCUT2D eigenvalue weighted by atomic mass is 35.5. The van der Waals surface area contributed by atoms with E-state index in [1.54, 1.807) is 29.4 Å². The van der Waals surface area contributed by atoms with Gasteiger partial charge < -0.3 is 10.2 Å². The number of benzene rings is 2. The summed E-state index contributed by atoms with van der Waals surface area (Å²) in [5, 5.41) is 11.2. The highest BCUT2D eigenvalue weighted by molar-refractivity contribution is 6.30. The van der Waals surface area contributed by atoms with Crippen LogP contribution in [0.3, 0.4) is 0 Å². The van der Waals surface area contributed by atoms with E-state index in [0.717, 1.165) is 11.3 Å². The molecule has 1 atom stereocenters. The molecule has 1 N–H and O–H groups in total. The number of hydrogen-bond acceptors (Lipinski definition) is 4. The van der Waals surface area contributed by atoms with Gasteiger partial charge in [-0.15, -0.1) is 10.2 Å². The molecule has 26 heavy (non-hydrogen) atoms. The van der Waals surface area contributed by atoms with Crippen molar-refractivity contribution in [3.05, 3.63) is 77.3 Å². The van der Waals surface area contributed by atoms with E-state index in [4.69, 9.17) is 11.6 Å². The van der Waals surface area contributed by atoms with Crippen molar-refractivity contribution >= 4 is 17.5 Å². The lowest BCUT2D eigenvalue weighted by atomic mass is 10.1. The van der Waals surface area contributed by atoms with Crippen molar-refractivity contribution in [3.63, 3.8) is 0 Å². The van der Waals surface area contributed by atoms with Crippen molar-refractivity contribution in [2.75, 3.05) is 20.6 Å². The summed E-state index contributed by atoms with van der Waals surface area (Å²) in [5.74, 6) is -0.116. The highest BCUT2D eigenvalue weighted by Crippen LogP contribution is 2.21.